The average Bonchev–Trinajstić information content (AvgIpc) is 2.25. The van der Waals surface area contributed by atoms with Crippen LogP contribution in [0.1, 0.15) is 22.8 Å². The topological polar surface area (TPSA) is 98.3 Å². The first-order valence-electron chi connectivity index (χ1n) is 5.20. The Hall–Kier alpha value is -1.95. The average molecular weight is 237 g/mol. The van der Waals surface area contributed by atoms with Gasteiger partial charge >= 0.3 is 0 Å². The molecule has 3 N–H and O–H groups in total. The largest absolute Gasteiger partial charge is 0.350 e. The molecular weight excluding hydrogens is 222 g/mol. The molecule has 17 heavy (non-hydrogen) atoms. The van der Waals surface area contributed by atoms with E-state index in [-0.39, 0.29) is 17.6 Å². The summed E-state index contributed by atoms with van der Waals surface area (Å²) in [6.07, 6.45) is 0. The number of nitrogens with zero attached hydrogens (tertiary/aromatic N) is 1. The molecule has 1 amide bonds. The molecule has 0 fully saturated rings. The lowest BCUT2D eigenvalue weighted by Gasteiger charge is -2.08. The Morgan fingerprint density at radius 2 is 2.24 bits per heavy atom. The van der Waals surface area contributed by atoms with E-state index in [9.17, 15) is 14.9 Å². The number of hydrogen-bond acceptors (Lipinski definition) is 4. The Morgan fingerprint density at radius 1 is 1.59 bits per heavy atom. The van der Waals surface area contributed by atoms with Crippen molar-refractivity contribution >= 4 is 11.6 Å². The minimum Gasteiger partial charge on any atom is -0.350 e. The van der Waals surface area contributed by atoms with E-state index in [4.69, 9.17) is 5.73 Å². The third kappa shape index (κ3) is 3.53. The van der Waals surface area contributed by atoms with Crippen LogP contribution in [0.5, 0.6) is 0 Å². The highest BCUT2D eigenvalue weighted by molar-refractivity contribution is 5.94. The molecule has 6 heteroatoms. The standard InChI is InChI=1S/C11H15N3O3/c1-7-5-9(3-4-10(7)14(16)17)11(15)13-6-8(2)12/h3-5,8H,6,12H2,1-2H3,(H,13,15). The Bertz CT molecular complexity index is 444. The summed E-state index contributed by atoms with van der Waals surface area (Å²) in [5, 5.41) is 13.2. The van der Waals surface area contributed by atoms with Crippen LogP contribution in [0.3, 0.4) is 0 Å². The molecule has 1 atom stereocenters. The Balaban J connectivity index is 2.83. The van der Waals surface area contributed by atoms with Crippen LogP contribution in [0.25, 0.3) is 0 Å². The molecule has 0 saturated carbocycles. The van der Waals surface area contributed by atoms with Gasteiger partial charge in [0.05, 0.1) is 4.92 Å². The van der Waals surface area contributed by atoms with Crippen molar-refractivity contribution in [2.45, 2.75) is 19.9 Å². The second-order valence-electron chi connectivity index (χ2n) is 3.95. The predicted octanol–water partition coefficient (Wildman–Crippen LogP) is 0.980. The molecule has 6 nitrogen and oxygen atoms in total. The number of benzene rings is 1. The van der Waals surface area contributed by atoms with Gasteiger partial charge in [0.15, 0.2) is 0 Å². The predicted molar refractivity (Wildman–Crippen MR) is 63.8 cm³/mol. The van der Waals surface area contributed by atoms with Crippen molar-refractivity contribution in [2.24, 2.45) is 5.73 Å². The van der Waals surface area contributed by atoms with E-state index in [0.717, 1.165) is 0 Å². The number of aryl methyl sites for hydroxylation is 1. The van der Waals surface area contributed by atoms with Crippen LogP contribution in [-0.4, -0.2) is 23.4 Å². The molecule has 0 aliphatic rings. The maximum atomic E-state index is 11.6. The molecule has 1 aromatic rings. The summed E-state index contributed by atoms with van der Waals surface area (Å²) in [6, 6.07) is 4.13. The summed E-state index contributed by atoms with van der Waals surface area (Å²) in [5.74, 6) is -0.278. The zero-order valence-corrected chi connectivity index (χ0v) is 9.77. The Morgan fingerprint density at radius 3 is 2.71 bits per heavy atom. The molecule has 1 aromatic carbocycles. The molecule has 1 rings (SSSR count). The number of nitro benzene ring substituents is 1. The van der Waals surface area contributed by atoms with Gasteiger partial charge in [-0.15, -0.1) is 0 Å². The van der Waals surface area contributed by atoms with Crippen molar-refractivity contribution in [1.29, 1.82) is 0 Å². The van der Waals surface area contributed by atoms with Gasteiger partial charge in [-0.05, 0) is 26.0 Å². The molecule has 0 saturated heterocycles. The van der Waals surface area contributed by atoms with E-state index in [1.165, 1.54) is 18.2 Å². The third-order valence-corrected chi connectivity index (χ3v) is 2.24. The van der Waals surface area contributed by atoms with E-state index in [0.29, 0.717) is 17.7 Å². The van der Waals surface area contributed by atoms with Crippen molar-refractivity contribution in [1.82, 2.24) is 5.32 Å². The number of carbonyl (C=O) groups excluding carboxylic acids is 1. The molecule has 0 heterocycles. The SMILES string of the molecule is Cc1cc(C(=O)NCC(C)N)ccc1[N+](=O)[O-]. The van der Waals surface area contributed by atoms with Crippen molar-refractivity contribution < 1.29 is 9.72 Å². The van der Waals surface area contributed by atoms with Crippen LogP contribution < -0.4 is 11.1 Å². The molecule has 0 aliphatic heterocycles. The monoisotopic (exact) mass is 237 g/mol. The number of rotatable bonds is 4. The van der Waals surface area contributed by atoms with Crippen molar-refractivity contribution in [3.05, 3.63) is 39.4 Å². The minimum atomic E-state index is -0.473. The molecule has 0 aromatic heterocycles. The molecule has 0 radical (unpaired) electrons. The van der Waals surface area contributed by atoms with Crippen LogP contribution in [0.15, 0.2) is 18.2 Å². The fourth-order valence-corrected chi connectivity index (χ4v) is 1.36. The van der Waals surface area contributed by atoms with Gasteiger partial charge in [0.25, 0.3) is 11.6 Å². The fourth-order valence-electron chi connectivity index (χ4n) is 1.36. The number of nitrogens with one attached hydrogen (secondary N) is 1. The lowest BCUT2D eigenvalue weighted by molar-refractivity contribution is -0.385. The number of amides is 1. The molecule has 0 spiro atoms. The quantitative estimate of drug-likeness (QED) is 0.602. The number of nitro groups is 1. The Kier molecular flexibility index (Phi) is 4.17. The van der Waals surface area contributed by atoms with Crippen LogP contribution >= 0.6 is 0 Å². The number of hydrogen-bond donors (Lipinski definition) is 2. The maximum absolute atomic E-state index is 11.6. The normalized spacial score (nSPS) is 11.9. The first kappa shape index (κ1) is 13.1. The summed E-state index contributed by atoms with van der Waals surface area (Å²) in [7, 11) is 0. The van der Waals surface area contributed by atoms with E-state index >= 15 is 0 Å². The lowest BCUT2D eigenvalue weighted by Crippen LogP contribution is -2.35. The van der Waals surface area contributed by atoms with Crippen molar-refractivity contribution in [2.75, 3.05) is 6.54 Å². The maximum Gasteiger partial charge on any atom is 0.272 e. The van der Waals surface area contributed by atoms with Gasteiger partial charge in [0.1, 0.15) is 0 Å². The number of carbonyl (C=O) groups is 1. The van der Waals surface area contributed by atoms with Crippen molar-refractivity contribution in [3.8, 4) is 0 Å². The van der Waals surface area contributed by atoms with Gasteiger partial charge in [-0.1, -0.05) is 0 Å². The first-order chi connectivity index (χ1) is 7.91. The first-order valence-corrected chi connectivity index (χ1v) is 5.20. The molecule has 1 unspecified atom stereocenters. The summed E-state index contributed by atoms with van der Waals surface area (Å²) in [6.45, 7) is 3.75. The zero-order valence-electron chi connectivity index (χ0n) is 9.77. The molecule has 0 bridgehead atoms. The van der Waals surface area contributed by atoms with Gasteiger partial charge < -0.3 is 11.1 Å². The zero-order chi connectivity index (χ0) is 13.0. The highest BCUT2D eigenvalue weighted by atomic mass is 16.6. The lowest BCUT2D eigenvalue weighted by atomic mass is 10.1. The van der Waals surface area contributed by atoms with Crippen LogP contribution in [-0.2, 0) is 0 Å². The second kappa shape index (κ2) is 5.40. The summed E-state index contributed by atoms with van der Waals surface area (Å²) in [5.41, 5.74) is 6.38. The summed E-state index contributed by atoms with van der Waals surface area (Å²) >= 11 is 0. The van der Waals surface area contributed by atoms with E-state index in [1.807, 2.05) is 0 Å². The molecule has 0 aliphatic carbocycles. The van der Waals surface area contributed by atoms with Crippen LogP contribution in [0, 0.1) is 17.0 Å². The minimum absolute atomic E-state index is 0.00810. The van der Waals surface area contributed by atoms with Gasteiger partial charge in [0, 0.05) is 29.8 Å². The third-order valence-electron chi connectivity index (χ3n) is 2.24. The van der Waals surface area contributed by atoms with E-state index < -0.39 is 4.92 Å². The highest BCUT2D eigenvalue weighted by Crippen LogP contribution is 2.18. The van der Waals surface area contributed by atoms with Crippen LogP contribution in [0.2, 0.25) is 0 Å². The number of nitrogens with two attached hydrogens (primary N) is 1. The van der Waals surface area contributed by atoms with Crippen molar-refractivity contribution in [3.63, 3.8) is 0 Å². The van der Waals surface area contributed by atoms with Gasteiger partial charge in [-0.3, -0.25) is 14.9 Å². The van der Waals surface area contributed by atoms with E-state index in [2.05, 4.69) is 5.32 Å². The smallest absolute Gasteiger partial charge is 0.272 e. The summed E-state index contributed by atoms with van der Waals surface area (Å²) < 4.78 is 0. The molecular formula is C11H15N3O3. The van der Waals surface area contributed by atoms with Gasteiger partial charge in [0.2, 0.25) is 0 Å². The Labute approximate surface area is 99.0 Å². The van der Waals surface area contributed by atoms with Gasteiger partial charge in [-0.25, -0.2) is 0 Å². The second-order valence-corrected chi connectivity index (χ2v) is 3.95. The van der Waals surface area contributed by atoms with E-state index in [1.54, 1.807) is 13.8 Å². The fraction of sp³-hybridized carbons (Fsp3) is 0.364. The molecule has 92 valence electrons. The van der Waals surface area contributed by atoms with Gasteiger partial charge in [-0.2, -0.15) is 0 Å². The summed E-state index contributed by atoms with van der Waals surface area (Å²) in [4.78, 5) is 21.8. The highest BCUT2D eigenvalue weighted by Gasteiger charge is 2.13. The van der Waals surface area contributed by atoms with Crippen LogP contribution in [0.4, 0.5) is 5.69 Å².